The van der Waals surface area contributed by atoms with Gasteiger partial charge in [0.1, 0.15) is 0 Å². The van der Waals surface area contributed by atoms with Crippen molar-refractivity contribution < 1.29 is 4.79 Å². The van der Waals surface area contributed by atoms with Crippen LogP contribution in [0.5, 0.6) is 0 Å². The Balaban J connectivity index is 1.43. The molecule has 0 bridgehead atoms. The normalized spacial score (nSPS) is 16.7. The lowest BCUT2D eigenvalue weighted by Gasteiger charge is -2.17. The molecule has 7 nitrogen and oxygen atoms in total. The van der Waals surface area contributed by atoms with Crippen molar-refractivity contribution in [2.45, 2.75) is 19.3 Å². The summed E-state index contributed by atoms with van der Waals surface area (Å²) < 4.78 is 1.72. The predicted molar refractivity (Wildman–Crippen MR) is 98.3 cm³/mol. The lowest BCUT2D eigenvalue weighted by atomic mass is 10.0. The van der Waals surface area contributed by atoms with E-state index in [1.807, 2.05) is 42.4 Å². The van der Waals surface area contributed by atoms with Crippen LogP contribution in [0.4, 0.5) is 10.6 Å². The number of aromatic nitrogens is 4. The number of rotatable bonds is 3. The van der Waals surface area contributed by atoms with Crippen LogP contribution in [0, 0.1) is 6.92 Å². The largest absolute Gasteiger partial charge is 0.324 e. The average molecular weight is 348 g/mol. The number of carbonyl (C=O) groups excluding carboxylic acids is 1. The van der Waals surface area contributed by atoms with Crippen molar-refractivity contribution in [3.63, 3.8) is 0 Å². The van der Waals surface area contributed by atoms with Crippen molar-refractivity contribution in [3.05, 3.63) is 66.4 Å². The Morgan fingerprint density at radius 2 is 2.00 bits per heavy atom. The zero-order valence-electron chi connectivity index (χ0n) is 14.5. The molecule has 2 amide bonds. The molecule has 0 saturated carbocycles. The summed E-state index contributed by atoms with van der Waals surface area (Å²) in [6, 6.07) is 7.67. The van der Waals surface area contributed by atoms with Crippen LogP contribution < -0.4 is 5.32 Å². The number of nitrogens with one attached hydrogen (secondary N) is 1. The summed E-state index contributed by atoms with van der Waals surface area (Å²) in [4.78, 5) is 22.7. The van der Waals surface area contributed by atoms with Crippen molar-refractivity contribution in [2.75, 3.05) is 18.4 Å². The fourth-order valence-electron chi connectivity index (χ4n) is 3.22. The first-order chi connectivity index (χ1) is 12.7. The molecule has 0 aromatic carbocycles. The molecular formula is C19H20N6O. The SMILES string of the molecule is Cc1cn(-c2cccnc2)nc1NC(=O)N1CCC(c2cccnc2)C1. The molecule has 1 unspecified atom stereocenters. The van der Waals surface area contributed by atoms with Gasteiger partial charge in [0.05, 0.1) is 11.9 Å². The van der Waals surface area contributed by atoms with Crippen LogP contribution in [-0.2, 0) is 0 Å². The molecule has 1 N–H and O–H groups in total. The van der Waals surface area contributed by atoms with E-state index in [-0.39, 0.29) is 6.03 Å². The number of urea groups is 1. The summed E-state index contributed by atoms with van der Waals surface area (Å²) in [7, 11) is 0. The summed E-state index contributed by atoms with van der Waals surface area (Å²) in [5.74, 6) is 0.909. The standard InChI is InChI=1S/C19H20N6O/c1-14-12-25(17-5-3-8-21-11-17)23-18(14)22-19(26)24-9-6-16(13-24)15-4-2-7-20-10-15/h2-5,7-8,10-12,16H,6,9,13H2,1H3,(H,22,23,26). The number of hydrogen-bond acceptors (Lipinski definition) is 4. The van der Waals surface area contributed by atoms with E-state index in [1.165, 1.54) is 5.56 Å². The summed E-state index contributed by atoms with van der Waals surface area (Å²) in [5, 5.41) is 7.41. The quantitative estimate of drug-likeness (QED) is 0.789. The number of pyridine rings is 2. The van der Waals surface area contributed by atoms with Gasteiger partial charge in [0.2, 0.25) is 0 Å². The Morgan fingerprint density at radius 3 is 2.73 bits per heavy atom. The van der Waals surface area contributed by atoms with E-state index >= 15 is 0 Å². The molecule has 1 aliphatic rings. The first kappa shape index (κ1) is 16.3. The van der Waals surface area contributed by atoms with Gasteiger partial charge in [-0.3, -0.25) is 15.3 Å². The van der Waals surface area contributed by atoms with Crippen LogP contribution in [0.3, 0.4) is 0 Å². The molecule has 26 heavy (non-hydrogen) atoms. The number of hydrogen-bond donors (Lipinski definition) is 1. The van der Waals surface area contributed by atoms with Crippen LogP contribution in [-0.4, -0.2) is 43.8 Å². The fraction of sp³-hybridized carbons (Fsp3) is 0.263. The van der Waals surface area contributed by atoms with E-state index in [2.05, 4.69) is 26.4 Å². The van der Waals surface area contributed by atoms with Crippen molar-refractivity contribution in [1.82, 2.24) is 24.6 Å². The van der Waals surface area contributed by atoms with E-state index < -0.39 is 0 Å². The molecule has 7 heteroatoms. The predicted octanol–water partition coefficient (Wildman–Crippen LogP) is 2.99. The summed E-state index contributed by atoms with van der Waals surface area (Å²) in [6.07, 6.45) is 9.93. The van der Waals surface area contributed by atoms with Crippen LogP contribution in [0.2, 0.25) is 0 Å². The van der Waals surface area contributed by atoms with E-state index in [0.29, 0.717) is 18.3 Å². The molecule has 1 saturated heterocycles. The fourth-order valence-corrected chi connectivity index (χ4v) is 3.22. The Hall–Kier alpha value is -3.22. The Bertz CT molecular complexity index is 893. The second kappa shape index (κ2) is 6.95. The molecule has 1 fully saturated rings. The zero-order valence-corrected chi connectivity index (χ0v) is 14.5. The third-order valence-corrected chi connectivity index (χ3v) is 4.66. The molecule has 0 aliphatic carbocycles. The third-order valence-electron chi connectivity index (χ3n) is 4.66. The summed E-state index contributed by atoms with van der Waals surface area (Å²) in [6.45, 7) is 3.35. The molecular weight excluding hydrogens is 328 g/mol. The van der Waals surface area contributed by atoms with Gasteiger partial charge in [0, 0.05) is 49.4 Å². The Morgan fingerprint density at radius 1 is 1.19 bits per heavy atom. The zero-order chi connectivity index (χ0) is 17.9. The molecule has 3 aromatic heterocycles. The minimum absolute atomic E-state index is 0.115. The van der Waals surface area contributed by atoms with Gasteiger partial charge in [0.25, 0.3) is 0 Å². The van der Waals surface area contributed by atoms with E-state index in [1.54, 1.807) is 23.3 Å². The van der Waals surface area contributed by atoms with Crippen LogP contribution >= 0.6 is 0 Å². The number of aryl methyl sites for hydroxylation is 1. The molecule has 3 aromatic rings. The minimum atomic E-state index is -0.115. The highest BCUT2D eigenvalue weighted by Crippen LogP contribution is 2.27. The van der Waals surface area contributed by atoms with Gasteiger partial charge in [-0.15, -0.1) is 5.10 Å². The van der Waals surface area contributed by atoms with Gasteiger partial charge in [-0.25, -0.2) is 9.48 Å². The maximum atomic E-state index is 12.6. The van der Waals surface area contributed by atoms with Crippen molar-refractivity contribution in [2.24, 2.45) is 0 Å². The smallest absolute Gasteiger partial charge is 0.323 e. The number of amides is 2. The van der Waals surface area contributed by atoms with Gasteiger partial charge in [-0.2, -0.15) is 0 Å². The number of anilines is 1. The molecule has 4 heterocycles. The molecule has 0 spiro atoms. The molecule has 0 radical (unpaired) electrons. The van der Waals surface area contributed by atoms with E-state index in [4.69, 9.17) is 0 Å². The average Bonchev–Trinajstić information content (AvgIpc) is 3.31. The molecule has 132 valence electrons. The van der Waals surface area contributed by atoms with Gasteiger partial charge < -0.3 is 4.90 Å². The molecule has 1 aliphatic heterocycles. The van der Waals surface area contributed by atoms with Crippen molar-refractivity contribution in [3.8, 4) is 5.69 Å². The maximum Gasteiger partial charge on any atom is 0.323 e. The van der Waals surface area contributed by atoms with Gasteiger partial charge in [0.15, 0.2) is 5.82 Å². The second-order valence-electron chi connectivity index (χ2n) is 6.46. The number of carbonyl (C=O) groups is 1. The highest BCUT2D eigenvalue weighted by Gasteiger charge is 2.28. The van der Waals surface area contributed by atoms with Gasteiger partial charge >= 0.3 is 6.03 Å². The number of nitrogens with zero attached hydrogens (tertiary/aromatic N) is 5. The Labute approximate surface area is 151 Å². The monoisotopic (exact) mass is 348 g/mol. The van der Waals surface area contributed by atoms with E-state index in [0.717, 1.165) is 24.2 Å². The lowest BCUT2D eigenvalue weighted by molar-refractivity contribution is 0.222. The maximum absolute atomic E-state index is 12.6. The van der Waals surface area contributed by atoms with Gasteiger partial charge in [-0.05, 0) is 37.1 Å². The first-order valence-corrected chi connectivity index (χ1v) is 8.63. The van der Waals surface area contributed by atoms with Crippen molar-refractivity contribution >= 4 is 11.8 Å². The Kier molecular flexibility index (Phi) is 4.35. The second-order valence-corrected chi connectivity index (χ2v) is 6.46. The van der Waals surface area contributed by atoms with Crippen LogP contribution in [0.1, 0.15) is 23.5 Å². The highest BCUT2D eigenvalue weighted by atomic mass is 16.2. The lowest BCUT2D eigenvalue weighted by Crippen LogP contribution is -2.33. The van der Waals surface area contributed by atoms with Gasteiger partial charge in [-0.1, -0.05) is 6.07 Å². The van der Waals surface area contributed by atoms with E-state index in [9.17, 15) is 4.79 Å². The third kappa shape index (κ3) is 3.28. The van der Waals surface area contributed by atoms with Crippen molar-refractivity contribution in [1.29, 1.82) is 0 Å². The topological polar surface area (TPSA) is 75.9 Å². The summed E-state index contributed by atoms with van der Waals surface area (Å²) in [5.41, 5.74) is 2.94. The summed E-state index contributed by atoms with van der Waals surface area (Å²) >= 11 is 0. The first-order valence-electron chi connectivity index (χ1n) is 8.63. The van der Waals surface area contributed by atoms with Crippen LogP contribution in [0.15, 0.2) is 55.2 Å². The highest BCUT2D eigenvalue weighted by molar-refractivity contribution is 5.89. The molecule has 1 atom stereocenters. The molecule has 4 rings (SSSR count). The minimum Gasteiger partial charge on any atom is -0.324 e. The number of likely N-dealkylation sites (tertiary alicyclic amines) is 1. The van der Waals surface area contributed by atoms with Crippen LogP contribution in [0.25, 0.3) is 5.69 Å².